The molecule has 0 aliphatic carbocycles. The lowest BCUT2D eigenvalue weighted by Gasteiger charge is -2.06. The van der Waals surface area contributed by atoms with E-state index in [4.69, 9.17) is 0 Å². The van der Waals surface area contributed by atoms with Crippen molar-refractivity contribution in [2.75, 3.05) is 0 Å². The largest absolute Gasteiger partial charge is 0.272 e. The van der Waals surface area contributed by atoms with Gasteiger partial charge in [-0.2, -0.15) is 5.10 Å². The molecular formula is C19H20N2O. The van der Waals surface area contributed by atoms with Crippen molar-refractivity contribution in [3.8, 4) is 11.3 Å². The highest BCUT2D eigenvalue weighted by molar-refractivity contribution is 5.93. The highest BCUT2D eigenvalue weighted by Crippen LogP contribution is 2.24. The van der Waals surface area contributed by atoms with Gasteiger partial charge in [0, 0.05) is 10.9 Å². The van der Waals surface area contributed by atoms with Gasteiger partial charge in [0.15, 0.2) is 0 Å². The Kier molecular flexibility index (Phi) is 4.33. The first-order chi connectivity index (χ1) is 10.8. The molecule has 112 valence electrons. The number of fused-ring (bicyclic) bond motifs is 1. The summed E-state index contributed by atoms with van der Waals surface area (Å²) in [4.78, 5) is 11.8. The van der Waals surface area contributed by atoms with Crippen LogP contribution in [-0.4, -0.2) is 10.2 Å². The summed E-state index contributed by atoms with van der Waals surface area (Å²) in [5.74, 6) is 0. The second-order valence-corrected chi connectivity index (χ2v) is 5.60. The zero-order chi connectivity index (χ0) is 15.4. The van der Waals surface area contributed by atoms with Crippen LogP contribution in [0, 0.1) is 0 Å². The van der Waals surface area contributed by atoms with Crippen molar-refractivity contribution in [3.63, 3.8) is 0 Å². The standard InChI is InChI=1S/C19H20N2O/c1-2-3-4-7-14-10-12-15(13-11-14)18-16-8-5-6-9-17(16)19(22)21-20-18/h5-6,8-13H,2-4,7H2,1H3,(H,21,22). The molecule has 0 bridgehead atoms. The number of nitrogens with zero attached hydrogens (tertiary/aromatic N) is 1. The van der Waals surface area contributed by atoms with Crippen molar-refractivity contribution in [3.05, 3.63) is 64.4 Å². The number of aromatic amines is 1. The van der Waals surface area contributed by atoms with E-state index in [0.29, 0.717) is 5.39 Å². The SMILES string of the molecule is CCCCCc1ccc(-c2n[nH]c(=O)c3ccccc23)cc1. The van der Waals surface area contributed by atoms with E-state index in [1.807, 2.05) is 24.3 Å². The Morgan fingerprint density at radius 3 is 2.41 bits per heavy atom. The van der Waals surface area contributed by atoms with E-state index in [1.165, 1.54) is 24.8 Å². The van der Waals surface area contributed by atoms with Crippen molar-refractivity contribution >= 4 is 10.8 Å². The van der Waals surface area contributed by atoms with E-state index in [2.05, 4.69) is 41.4 Å². The quantitative estimate of drug-likeness (QED) is 0.712. The van der Waals surface area contributed by atoms with E-state index in [-0.39, 0.29) is 5.56 Å². The first-order valence-electron chi connectivity index (χ1n) is 7.86. The number of nitrogens with one attached hydrogen (secondary N) is 1. The summed E-state index contributed by atoms with van der Waals surface area (Å²) >= 11 is 0. The van der Waals surface area contributed by atoms with E-state index in [0.717, 1.165) is 23.1 Å². The van der Waals surface area contributed by atoms with Gasteiger partial charge >= 0.3 is 0 Å². The predicted molar refractivity (Wildman–Crippen MR) is 91.0 cm³/mol. The van der Waals surface area contributed by atoms with Gasteiger partial charge in [-0.15, -0.1) is 0 Å². The summed E-state index contributed by atoms with van der Waals surface area (Å²) < 4.78 is 0. The van der Waals surface area contributed by atoms with Crippen LogP contribution in [0.1, 0.15) is 31.7 Å². The summed E-state index contributed by atoms with van der Waals surface area (Å²) in [7, 11) is 0. The summed E-state index contributed by atoms with van der Waals surface area (Å²) in [5, 5.41) is 8.41. The maximum absolute atomic E-state index is 11.8. The molecule has 3 nitrogen and oxygen atoms in total. The summed E-state index contributed by atoms with van der Waals surface area (Å²) in [6.45, 7) is 2.22. The van der Waals surface area contributed by atoms with Crippen LogP contribution >= 0.6 is 0 Å². The predicted octanol–water partition coefficient (Wildman–Crippen LogP) is 4.32. The molecule has 3 rings (SSSR count). The molecule has 3 heteroatoms. The normalized spacial score (nSPS) is 11.0. The summed E-state index contributed by atoms with van der Waals surface area (Å²) in [6, 6.07) is 16.1. The van der Waals surface area contributed by atoms with Crippen LogP contribution in [0.25, 0.3) is 22.0 Å². The van der Waals surface area contributed by atoms with Gasteiger partial charge < -0.3 is 0 Å². The minimum atomic E-state index is -0.143. The van der Waals surface area contributed by atoms with Crippen molar-refractivity contribution < 1.29 is 0 Å². The zero-order valence-corrected chi connectivity index (χ0v) is 12.8. The number of hydrogen-bond acceptors (Lipinski definition) is 2. The first kappa shape index (κ1) is 14.5. The molecule has 0 atom stereocenters. The number of aryl methyl sites for hydroxylation is 1. The molecule has 2 aromatic carbocycles. The number of aromatic nitrogens is 2. The average Bonchev–Trinajstić information content (AvgIpc) is 2.57. The van der Waals surface area contributed by atoms with E-state index < -0.39 is 0 Å². The van der Waals surface area contributed by atoms with Crippen LogP contribution in [0.4, 0.5) is 0 Å². The van der Waals surface area contributed by atoms with Crippen molar-refractivity contribution in [1.82, 2.24) is 10.2 Å². The van der Waals surface area contributed by atoms with Crippen LogP contribution in [0.2, 0.25) is 0 Å². The molecule has 22 heavy (non-hydrogen) atoms. The van der Waals surface area contributed by atoms with E-state index >= 15 is 0 Å². The van der Waals surface area contributed by atoms with Gasteiger partial charge in [-0.3, -0.25) is 4.79 Å². The number of unbranched alkanes of at least 4 members (excludes halogenated alkanes) is 2. The van der Waals surface area contributed by atoms with Gasteiger partial charge in [0.1, 0.15) is 0 Å². The Balaban J connectivity index is 1.95. The molecule has 3 aromatic rings. The summed E-state index contributed by atoms with van der Waals surface area (Å²) in [6.07, 6.45) is 4.86. The van der Waals surface area contributed by atoms with E-state index in [1.54, 1.807) is 0 Å². The highest BCUT2D eigenvalue weighted by Gasteiger charge is 2.08. The smallest absolute Gasteiger partial charge is 0.267 e. The molecule has 0 spiro atoms. The highest BCUT2D eigenvalue weighted by atomic mass is 16.1. The third-order valence-electron chi connectivity index (χ3n) is 3.99. The molecule has 1 N–H and O–H groups in total. The van der Waals surface area contributed by atoms with Crippen LogP contribution < -0.4 is 5.56 Å². The summed E-state index contributed by atoms with van der Waals surface area (Å²) in [5.41, 5.74) is 3.07. The molecule has 0 amide bonds. The van der Waals surface area contributed by atoms with Gasteiger partial charge in [-0.05, 0) is 24.5 Å². The molecule has 1 aromatic heterocycles. The Morgan fingerprint density at radius 2 is 1.68 bits per heavy atom. The number of H-pyrrole nitrogens is 1. The average molecular weight is 292 g/mol. The Morgan fingerprint density at radius 1 is 0.955 bits per heavy atom. The monoisotopic (exact) mass is 292 g/mol. The fourth-order valence-electron chi connectivity index (χ4n) is 2.74. The maximum Gasteiger partial charge on any atom is 0.272 e. The maximum atomic E-state index is 11.8. The second-order valence-electron chi connectivity index (χ2n) is 5.60. The van der Waals surface area contributed by atoms with Crippen LogP contribution in [0.5, 0.6) is 0 Å². The molecular weight excluding hydrogens is 272 g/mol. The molecule has 0 radical (unpaired) electrons. The fraction of sp³-hybridized carbons (Fsp3) is 0.263. The lowest BCUT2D eigenvalue weighted by atomic mass is 10.0. The van der Waals surface area contributed by atoms with Gasteiger partial charge in [0.25, 0.3) is 5.56 Å². The molecule has 0 aliphatic rings. The van der Waals surface area contributed by atoms with E-state index in [9.17, 15) is 4.79 Å². The zero-order valence-electron chi connectivity index (χ0n) is 12.8. The molecule has 0 aliphatic heterocycles. The molecule has 1 heterocycles. The lowest BCUT2D eigenvalue weighted by Crippen LogP contribution is -2.09. The molecule has 0 saturated carbocycles. The third kappa shape index (κ3) is 2.93. The van der Waals surface area contributed by atoms with Crippen molar-refractivity contribution in [2.24, 2.45) is 0 Å². The molecule has 0 saturated heterocycles. The number of rotatable bonds is 5. The van der Waals surface area contributed by atoms with Gasteiger partial charge in [0.2, 0.25) is 0 Å². The van der Waals surface area contributed by atoms with Crippen molar-refractivity contribution in [2.45, 2.75) is 32.6 Å². The molecule has 0 fully saturated rings. The van der Waals surface area contributed by atoms with Crippen LogP contribution in [0.3, 0.4) is 0 Å². The van der Waals surface area contributed by atoms with Gasteiger partial charge in [0.05, 0.1) is 11.1 Å². The van der Waals surface area contributed by atoms with Crippen LogP contribution in [-0.2, 0) is 6.42 Å². The molecule has 0 unspecified atom stereocenters. The fourth-order valence-corrected chi connectivity index (χ4v) is 2.74. The van der Waals surface area contributed by atoms with Gasteiger partial charge in [-0.1, -0.05) is 62.2 Å². The number of benzene rings is 2. The third-order valence-corrected chi connectivity index (χ3v) is 3.99. The second kappa shape index (κ2) is 6.56. The van der Waals surface area contributed by atoms with Crippen LogP contribution in [0.15, 0.2) is 53.3 Å². The Bertz CT molecular complexity index is 819. The lowest BCUT2D eigenvalue weighted by molar-refractivity contribution is 0.717. The topological polar surface area (TPSA) is 45.8 Å². The van der Waals surface area contributed by atoms with Crippen molar-refractivity contribution in [1.29, 1.82) is 0 Å². The van der Waals surface area contributed by atoms with Gasteiger partial charge in [-0.25, -0.2) is 5.10 Å². The minimum absolute atomic E-state index is 0.143. The Hall–Kier alpha value is -2.42. The Labute approximate surface area is 130 Å². The minimum Gasteiger partial charge on any atom is -0.267 e. The first-order valence-corrected chi connectivity index (χ1v) is 7.86. The number of hydrogen-bond donors (Lipinski definition) is 1.